The number of rotatable bonds is 2. The zero-order valence-electron chi connectivity index (χ0n) is 10.2. The van der Waals surface area contributed by atoms with Gasteiger partial charge in [0.05, 0.1) is 5.69 Å². The number of para-hydroxylation sites is 1. The maximum absolute atomic E-state index is 12.2. The molecule has 0 saturated heterocycles. The van der Waals surface area contributed by atoms with E-state index in [0.29, 0.717) is 11.3 Å². The summed E-state index contributed by atoms with van der Waals surface area (Å²) < 4.78 is 7.32. The van der Waals surface area contributed by atoms with Gasteiger partial charge < -0.3 is 9.73 Å². The number of amides is 1. The monoisotopic (exact) mass is 393 g/mol. The van der Waals surface area contributed by atoms with Gasteiger partial charge in [0.1, 0.15) is 5.58 Å². The van der Waals surface area contributed by atoms with Crippen molar-refractivity contribution in [3.8, 4) is 0 Å². The van der Waals surface area contributed by atoms with Crippen molar-refractivity contribution in [1.29, 1.82) is 0 Å². The van der Waals surface area contributed by atoms with Gasteiger partial charge in [-0.2, -0.15) is 0 Å². The predicted molar refractivity (Wildman–Crippen MR) is 86.0 cm³/mol. The predicted octanol–water partition coefficient (Wildman–Crippen LogP) is 5.21. The molecule has 1 N–H and O–H groups in total. The second-order valence-corrected chi connectivity index (χ2v) is 6.00. The SMILES string of the molecule is O=C(Nc1ccccc1Br)c1cc2cc(Br)ccc2o1. The molecule has 0 saturated carbocycles. The molecule has 3 aromatic rings. The van der Waals surface area contributed by atoms with Crippen LogP contribution in [0.15, 0.2) is 61.9 Å². The van der Waals surface area contributed by atoms with E-state index < -0.39 is 0 Å². The third-order valence-electron chi connectivity index (χ3n) is 2.82. The summed E-state index contributed by atoms with van der Waals surface area (Å²) in [6.45, 7) is 0. The van der Waals surface area contributed by atoms with Gasteiger partial charge in [0.25, 0.3) is 5.91 Å². The van der Waals surface area contributed by atoms with Crippen LogP contribution >= 0.6 is 31.9 Å². The van der Waals surface area contributed by atoms with E-state index >= 15 is 0 Å². The Bertz CT molecular complexity index is 795. The van der Waals surface area contributed by atoms with Crippen LogP contribution in [0.25, 0.3) is 11.0 Å². The van der Waals surface area contributed by atoms with E-state index in [1.165, 1.54) is 0 Å². The molecule has 3 rings (SSSR count). The van der Waals surface area contributed by atoms with Gasteiger partial charge in [-0.25, -0.2) is 0 Å². The van der Waals surface area contributed by atoms with E-state index in [2.05, 4.69) is 37.2 Å². The third kappa shape index (κ3) is 2.64. The minimum atomic E-state index is -0.274. The number of fused-ring (bicyclic) bond motifs is 1. The first-order chi connectivity index (χ1) is 9.63. The molecule has 0 fully saturated rings. The van der Waals surface area contributed by atoms with Crippen molar-refractivity contribution in [2.45, 2.75) is 0 Å². The summed E-state index contributed by atoms with van der Waals surface area (Å²) in [7, 11) is 0. The largest absolute Gasteiger partial charge is 0.451 e. The van der Waals surface area contributed by atoms with E-state index in [-0.39, 0.29) is 11.7 Å². The van der Waals surface area contributed by atoms with E-state index in [0.717, 1.165) is 14.3 Å². The number of nitrogens with one attached hydrogen (secondary N) is 1. The first kappa shape index (κ1) is 13.4. The van der Waals surface area contributed by atoms with E-state index in [1.807, 2.05) is 42.5 Å². The van der Waals surface area contributed by atoms with Crippen molar-refractivity contribution in [2.24, 2.45) is 0 Å². The van der Waals surface area contributed by atoms with Crippen LogP contribution in [-0.4, -0.2) is 5.91 Å². The molecule has 1 heterocycles. The molecular formula is C15H9Br2NO2. The number of carbonyl (C=O) groups is 1. The average Bonchev–Trinajstić information content (AvgIpc) is 2.84. The topological polar surface area (TPSA) is 42.2 Å². The molecule has 0 unspecified atom stereocenters. The highest BCUT2D eigenvalue weighted by Crippen LogP contribution is 2.25. The molecule has 100 valence electrons. The summed E-state index contributed by atoms with van der Waals surface area (Å²) in [6, 6.07) is 14.8. The number of halogens is 2. The number of hydrogen-bond donors (Lipinski definition) is 1. The molecular weight excluding hydrogens is 386 g/mol. The van der Waals surface area contributed by atoms with Gasteiger partial charge in [-0.1, -0.05) is 28.1 Å². The zero-order chi connectivity index (χ0) is 14.1. The summed E-state index contributed by atoms with van der Waals surface area (Å²) in [5, 5.41) is 3.70. The normalized spacial score (nSPS) is 10.7. The molecule has 0 atom stereocenters. The Morgan fingerprint density at radius 2 is 1.85 bits per heavy atom. The van der Waals surface area contributed by atoms with Gasteiger partial charge in [-0.05, 0) is 52.3 Å². The van der Waals surface area contributed by atoms with Crippen LogP contribution in [0.3, 0.4) is 0 Å². The lowest BCUT2D eigenvalue weighted by atomic mass is 10.2. The molecule has 0 aliphatic carbocycles. The zero-order valence-corrected chi connectivity index (χ0v) is 13.4. The third-order valence-corrected chi connectivity index (χ3v) is 4.01. The maximum Gasteiger partial charge on any atom is 0.291 e. The second kappa shape index (κ2) is 5.42. The van der Waals surface area contributed by atoms with Crippen molar-refractivity contribution in [3.63, 3.8) is 0 Å². The number of anilines is 1. The Kier molecular flexibility index (Phi) is 3.63. The van der Waals surface area contributed by atoms with Crippen LogP contribution in [0, 0.1) is 0 Å². The Labute approximate surface area is 132 Å². The van der Waals surface area contributed by atoms with E-state index in [9.17, 15) is 4.79 Å². The van der Waals surface area contributed by atoms with Crippen molar-refractivity contribution in [3.05, 3.63) is 63.2 Å². The summed E-state index contributed by atoms with van der Waals surface area (Å²) in [5.74, 6) is 0.0121. The van der Waals surface area contributed by atoms with Crippen molar-refractivity contribution >= 4 is 54.4 Å². The quantitative estimate of drug-likeness (QED) is 0.648. The van der Waals surface area contributed by atoms with Crippen LogP contribution in [0.1, 0.15) is 10.6 Å². The van der Waals surface area contributed by atoms with Crippen molar-refractivity contribution in [1.82, 2.24) is 0 Å². The molecule has 3 nitrogen and oxygen atoms in total. The molecule has 0 aliphatic heterocycles. The van der Waals surface area contributed by atoms with Gasteiger partial charge in [0.2, 0.25) is 0 Å². The first-order valence-electron chi connectivity index (χ1n) is 5.88. The molecule has 2 aromatic carbocycles. The average molecular weight is 395 g/mol. The number of benzene rings is 2. The standard InChI is InChI=1S/C15H9Br2NO2/c16-10-5-6-13-9(7-10)8-14(20-13)15(19)18-12-4-2-1-3-11(12)17/h1-8H,(H,18,19). The molecule has 0 spiro atoms. The Balaban J connectivity index is 1.91. The fourth-order valence-electron chi connectivity index (χ4n) is 1.87. The van der Waals surface area contributed by atoms with E-state index in [4.69, 9.17) is 4.42 Å². The number of furan rings is 1. The molecule has 1 aromatic heterocycles. The maximum atomic E-state index is 12.2. The molecule has 0 bridgehead atoms. The molecule has 0 aliphatic rings. The van der Waals surface area contributed by atoms with Gasteiger partial charge in [0.15, 0.2) is 5.76 Å². The highest BCUT2D eigenvalue weighted by molar-refractivity contribution is 9.10. The first-order valence-corrected chi connectivity index (χ1v) is 7.47. The summed E-state index contributed by atoms with van der Waals surface area (Å²) >= 11 is 6.78. The van der Waals surface area contributed by atoms with Crippen LogP contribution < -0.4 is 5.32 Å². The van der Waals surface area contributed by atoms with Crippen LogP contribution in [0.4, 0.5) is 5.69 Å². The second-order valence-electron chi connectivity index (χ2n) is 4.23. The Morgan fingerprint density at radius 1 is 1.05 bits per heavy atom. The highest BCUT2D eigenvalue weighted by atomic mass is 79.9. The fourth-order valence-corrected chi connectivity index (χ4v) is 2.64. The smallest absolute Gasteiger partial charge is 0.291 e. The lowest BCUT2D eigenvalue weighted by molar-refractivity contribution is 0.0998. The Morgan fingerprint density at radius 3 is 2.65 bits per heavy atom. The van der Waals surface area contributed by atoms with Crippen LogP contribution in [0.2, 0.25) is 0 Å². The van der Waals surface area contributed by atoms with Gasteiger partial charge in [-0.3, -0.25) is 4.79 Å². The molecule has 1 amide bonds. The van der Waals surface area contributed by atoms with Gasteiger partial charge >= 0.3 is 0 Å². The molecule has 5 heteroatoms. The van der Waals surface area contributed by atoms with Crippen LogP contribution in [0.5, 0.6) is 0 Å². The molecule has 0 radical (unpaired) electrons. The minimum Gasteiger partial charge on any atom is -0.451 e. The number of hydrogen-bond acceptors (Lipinski definition) is 2. The number of carbonyl (C=O) groups excluding carboxylic acids is 1. The van der Waals surface area contributed by atoms with Crippen molar-refractivity contribution in [2.75, 3.05) is 5.32 Å². The summed E-state index contributed by atoms with van der Waals surface area (Å²) in [5.41, 5.74) is 1.39. The lowest BCUT2D eigenvalue weighted by Crippen LogP contribution is -2.11. The van der Waals surface area contributed by atoms with Gasteiger partial charge in [-0.15, -0.1) is 0 Å². The van der Waals surface area contributed by atoms with Gasteiger partial charge in [0, 0.05) is 14.3 Å². The minimum absolute atomic E-state index is 0.274. The summed E-state index contributed by atoms with van der Waals surface area (Å²) in [6.07, 6.45) is 0. The molecule has 20 heavy (non-hydrogen) atoms. The lowest BCUT2D eigenvalue weighted by Gasteiger charge is -2.04. The summed E-state index contributed by atoms with van der Waals surface area (Å²) in [4.78, 5) is 12.2. The van der Waals surface area contributed by atoms with Crippen molar-refractivity contribution < 1.29 is 9.21 Å². The van der Waals surface area contributed by atoms with Crippen LogP contribution in [-0.2, 0) is 0 Å². The highest BCUT2D eigenvalue weighted by Gasteiger charge is 2.13. The Hall–Kier alpha value is -1.59. The fraction of sp³-hybridized carbons (Fsp3) is 0. The van der Waals surface area contributed by atoms with E-state index in [1.54, 1.807) is 6.07 Å².